The molecule has 0 bridgehead atoms. The second kappa shape index (κ2) is 5.65. The standard InChI is InChI=1S/C11H18N2O4/c1-6-3-2-4-7(6)10(15)13-8(11(16)17)5-9(12)14/h6-8H,2-5H2,1H3,(H2,12,14)(H,13,15)(H,16,17)/t6?,7?,8-/m0/s1. The molecule has 1 aliphatic carbocycles. The van der Waals surface area contributed by atoms with Gasteiger partial charge in [-0.05, 0) is 18.8 Å². The van der Waals surface area contributed by atoms with Crippen molar-refractivity contribution in [2.45, 2.75) is 38.6 Å². The Morgan fingerprint density at radius 3 is 2.47 bits per heavy atom. The fraction of sp³-hybridized carbons (Fsp3) is 0.727. The predicted molar refractivity (Wildman–Crippen MR) is 59.9 cm³/mol. The molecule has 1 saturated carbocycles. The highest BCUT2D eigenvalue weighted by atomic mass is 16.4. The first kappa shape index (κ1) is 13.5. The van der Waals surface area contributed by atoms with E-state index < -0.39 is 17.9 Å². The number of hydrogen-bond acceptors (Lipinski definition) is 3. The van der Waals surface area contributed by atoms with E-state index in [1.165, 1.54) is 0 Å². The molecule has 6 heteroatoms. The summed E-state index contributed by atoms with van der Waals surface area (Å²) in [6.07, 6.45) is 2.36. The summed E-state index contributed by atoms with van der Waals surface area (Å²) in [5.74, 6) is -2.15. The molecular formula is C11H18N2O4. The number of carboxylic acids is 1. The number of nitrogens with one attached hydrogen (secondary N) is 1. The van der Waals surface area contributed by atoms with Gasteiger partial charge in [-0.15, -0.1) is 0 Å². The molecule has 1 aliphatic rings. The van der Waals surface area contributed by atoms with Gasteiger partial charge < -0.3 is 16.2 Å². The van der Waals surface area contributed by atoms with Gasteiger partial charge >= 0.3 is 5.97 Å². The number of hydrogen-bond donors (Lipinski definition) is 3. The van der Waals surface area contributed by atoms with Crippen molar-refractivity contribution >= 4 is 17.8 Å². The zero-order valence-corrected chi connectivity index (χ0v) is 9.81. The van der Waals surface area contributed by atoms with Gasteiger partial charge in [-0.3, -0.25) is 9.59 Å². The first-order chi connectivity index (χ1) is 7.91. The quantitative estimate of drug-likeness (QED) is 0.623. The Hall–Kier alpha value is -1.59. The second-order valence-corrected chi connectivity index (χ2v) is 4.58. The van der Waals surface area contributed by atoms with Gasteiger partial charge in [0.25, 0.3) is 0 Å². The Morgan fingerprint density at radius 1 is 1.41 bits per heavy atom. The summed E-state index contributed by atoms with van der Waals surface area (Å²) in [5.41, 5.74) is 4.93. The van der Waals surface area contributed by atoms with E-state index >= 15 is 0 Å². The Morgan fingerprint density at radius 2 is 2.06 bits per heavy atom. The van der Waals surface area contributed by atoms with Gasteiger partial charge in [-0.1, -0.05) is 13.3 Å². The molecular weight excluding hydrogens is 224 g/mol. The molecule has 0 aromatic rings. The molecule has 17 heavy (non-hydrogen) atoms. The lowest BCUT2D eigenvalue weighted by Gasteiger charge is -2.18. The zero-order chi connectivity index (χ0) is 13.0. The van der Waals surface area contributed by atoms with Crippen LogP contribution < -0.4 is 11.1 Å². The van der Waals surface area contributed by atoms with E-state index in [0.29, 0.717) is 0 Å². The molecule has 4 N–H and O–H groups in total. The maximum absolute atomic E-state index is 11.8. The number of carbonyl (C=O) groups excluding carboxylic acids is 2. The summed E-state index contributed by atoms with van der Waals surface area (Å²) in [5, 5.41) is 11.2. The number of carbonyl (C=O) groups is 3. The van der Waals surface area contributed by atoms with E-state index in [2.05, 4.69) is 5.32 Å². The first-order valence-electron chi connectivity index (χ1n) is 5.73. The van der Waals surface area contributed by atoms with E-state index in [0.717, 1.165) is 19.3 Å². The van der Waals surface area contributed by atoms with Crippen LogP contribution in [0.1, 0.15) is 32.6 Å². The SMILES string of the molecule is CC1CCCC1C(=O)N[C@@H](CC(N)=O)C(=O)O. The van der Waals surface area contributed by atoms with Crippen LogP contribution in [0.5, 0.6) is 0 Å². The van der Waals surface area contributed by atoms with Crippen molar-refractivity contribution in [3.63, 3.8) is 0 Å². The third-order valence-electron chi connectivity index (χ3n) is 3.22. The van der Waals surface area contributed by atoms with E-state index in [-0.39, 0.29) is 24.2 Å². The highest BCUT2D eigenvalue weighted by Gasteiger charge is 2.32. The minimum Gasteiger partial charge on any atom is -0.480 e. The van der Waals surface area contributed by atoms with Crippen LogP contribution in [-0.4, -0.2) is 28.9 Å². The van der Waals surface area contributed by atoms with Crippen LogP contribution in [0.15, 0.2) is 0 Å². The Kier molecular flexibility index (Phi) is 4.48. The second-order valence-electron chi connectivity index (χ2n) is 4.58. The van der Waals surface area contributed by atoms with Crippen LogP contribution in [0.2, 0.25) is 0 Å². The fourth-order valence-electron chi connectivity index (χ4n) is 2.21. The minimum atomic E-state index is -1.23. The molecule has 0 aliphatic heterocycles. The molecule has 0 saturated heterocycles. The Balaban J connectivity index is 2.57. The number of nitrogens with two attached hydrogens (primary N) is 1. The van der Waals surface area contributed by atoms with Gasteiger partial charge in [0, 0.05) is 5.92 Å². The summed E-state index contributed by atoms with van der Waals surface area (Å²) < 4.78 is 0. The average molecular weight is 242 g/mol. The van der Waals surface area contributed by atoms with E-state index in [9.17, 15) is 14.4 Å². The zero-order valence-electron chi connectivity index (χ0n) is 9.81. The van der Waals surface area contributed by atoms with Crippen LogP contribution in [0.25, 0.3) is 0 Å². The molecule has 0 aromatic carbocycles. The average Bonchev–Trinajstić information content (AvgIpc) is 2.62. The minimum absolute atomic E-state index is 0.148. The number of rotatable bonds is 5. The monoisotopic (exact) mass is 242 g/mol. The lowest BCUT2D eigenvalue weighted by molar-refractivity contribution is -0.144. The largest absolute Gasteiger partial charge is 0.480 e. The van der Waals surface area contributed by atoms with Crippen LogP contribution in [0, 0.1) is 11.8 Å². The van der Waals surface area contributed by atoms with E-state index in [1.54, 1.807) is 0 Å². The summed E-state index contributed by atoms with van der Waals surface area (Å²) >= 11 is 0. The van der Waals surface area contributed by atoms with E-state index in [4.69, 9.17) is 10.8 Å². The van der Waals surface area contributed by atoms with Gasteiger partial charge in [-0.25, -0.2) is 4.79 Å². The number of aliphatic carboxylic acids is 1. The molecule has 1 fully saturated rings. The van der Waals surface area contributed by atoms with Gasteiger partial charge in [0.1, 0.15) is 6.04 Å². The van der Waals surface area contributed by atoms with Crippen molar-refractivity contribution < 1.29 is 19.5 Å². The third-order valence-corrected chi connectivity index (χ3v) is 3.22. The molecule has 0 heterocycles. The van der Waals surface area contributed by atoms with Crippen molar-refractivity contribution in [1.82, 2.24) is 5.32 Å². The van der Waals surface area contributed by atoms with Crippen molar-refractivity contribution in [3.8, 4) is 0 Å². The molecule has 96 valence electrons. The molecule has 0 spiro atoms. The highest BCUT2D eigenvalue weighted by molar-refractivity contribution is 5.89. The molecule has 2 amide bonds. The van der Waals surface area contributed by atoms with Gasteiger partial charge in [0.15, 0.2) is 0 Å². The van der Waals surface area contributed by atoms with Crippen LogP contribution in [0.4, 0.5) is 0 Å². The topological polar surface area (TPSA) is 109 Å². The summed E-state index contributed by atoms with van der Waals surface area (Å²) in [7, 11) is 0. The molecule has 0 aromatic heterocycles. The molecule has 0 radical (unpaired) electrons. The van der Waals surface area contributed by atoms with Crippen LogP contribution in [-0.2, 0) is 14.4 Å². The Bertz CT molecular complexity index is 329. The van der Waals surface area contributed by atoms with Crippen molar-refractivity contribution in [3.05, 3.63) is 0 Å². The number of carboxylic acid groups (broad SMARTS) is 1. The van der Waals surface area contributed by atoms with Crippen LogP contribution in [0.3, 0.4) is 0 Å². The van der Waals surface area contributed by atoms with Crippen molar-refractivity contribution in [2.75, 3.05) is 0 Å². The smallest absolute Gasteiger partial charge is 0.326 e. The van der Waals surface area contributed by atoms with Gasteiger partial charge in [0.2, 0.25) is 11.8 Å². The predicted octanol–water partition coefficient (Wildman–Crippen LogP) is -0.133. The molecule has 3 atom stereocenters. The third kappa shape index (κ3) is 3.72. The fourth-order valence-corrected chi connectivity index (χ4v) is 2.21. The van der Waals surface area contributed by atoms with Gasteiger partial charge in [-0.2, -0.15) is 0 Å². The number of primary amides is 1. The van der Waals surface area contributed by atoms with Crippen molar-refractivity contribution in [2.24, 2.45) is 17.6 Å². The van der Waals surface area contributed by atoms with Crippen LogP contribution >= 0.6 is 0 Å². The highest BCUT2D eigenvalue weighted by Crippen LogP contribution is 2.31. The van der Waals surface area contributed by atoms with Crippen molar-refractivity contribution in [1.29, 1.82) is 0 Å². The normalized spacial score (nSPS) is 25.2. The summed E-state index contributed by atoms with van der Waals surface area (Å²) in [6.45, 7) is 1.97. The number of amides is 2. The molecule has 1 rings (SSSR count). The van der Waals surface area contributed by atoms with Gasteiger partial charge in [0.05, 0.1) is 6.42 Å². The maximum atomic E-state index is 11.8. The maximum Gasteiger partial charge on any atom is 0.326 e. The molecule has 2 unspecified atom stereocenters. The summed E-state index contributed by atoms with van der Waals surface area (Å²) in [6, 6.07) is -1.22. The molecule has 6 nitrogen and oxygen atoms in total. The Labute approximate surface area is 99.6 Å². The summed E-state index contributed by atoms with van der Waals surface area (Å²) in [4.78, 5) is 33.4. The lowest BCUT2D eigenvalue weighted by atomic mass is 9.97. The van der Waals surface area contributed by atoms with E-state index in [1.807, 2.05) is 6.92 Å². The first-order valence-corrected chi connectivity index (χ1v) is 5.73. The lowest BCUT2D eigenvalue weighted by Crippen LogP contribution is -2.46.